The second-order valence-corrected chi connectivity index (χ2v) is 6.89. The minimum atomic E-state index is -3.22. The standard InChI is InChI=1S/C20H16F4N2OS/c1-28-15-8-4-12(5-9-15)16-10-25-26(11-17(22)19(23)24)20(27)18(16)13-2-6-14(21)7-3-13/h2-10,17,19H,11H2,1H3. The van der Waals surface area contributed by atoms with E-state index in [2.05, 4.69) is 5.10 Å². The lowest BCUT2D eigenvalue weighted by molar-refractivity contribution is 0.0379. The summed E-state index contributed by atoms with van der Waals surface area (Å²) in [6.07, 6.45) is -2.47. The van der Waals surface area contributed by atoms with Gasteiger partial charge in [0.15, 0.2) is 6.17 Å². The summed E-state index contributed by atoms with van der Waals surface area (Å²) in [5.74, 6) is -0.481. The van der Waals surface area contributed by atoms with Gasteiger partial charge < -0.3 is 0 Å². The smallest absolute Gasteiger partial charge is 0.267 e. The van der Waals surface area contributed by atoms with Crippen LogP contribution in [-0.2, 0) is 6.54 Å². The normalized spacial score (nSPS) is 12.4. The molecule has 3 aromatic rings. The number of benzene rings is 2. The summed E-state index contributed by atoms with van der Waals surface area (Å²) in [5.41, 5.74) is 0.946. The van der Waals surface area contributed by atoms with Gasteiger partial charge in [0.25, 0.3) is 12.0 Å². The molecule has 8 heteroatoms. The fourth-order valence-electron chi connectivity index (χ4n) is 2.75. The lowest BCUT2D eigenvalue weighted by atomic mass is 9.97. The summed E-state index contributed by atoms with van der Waals surface area (Å²) in [6, 6.07) is 12.6. The molecule has 1 atom stereocenters. The Labute approximate surface area is 163 Å². The van der Waals surface area contributed by atoms with Gasteiger partial charge in [0.05, 0.1) is 18.3 Å². The van der Waals surface area contributed by atoms with Crippen LogP contribution in [0.25, 0.3) is 22.3 Å². The maximum absolute atomic E-state index is 13.5. The molecule has 3 rings (SSSR count). The minimum Gasteiger partial charge on any atom is -0.267 e. The number of rotatable bonds is 6. The average molecular weight is 408 g/mol. The highest BCUT2D eigenvalue weighted by Crippen LogP contribution is 2.30. The summed E-state index contributed by atoms with van der Waals surface area (Å²) >= 11 is 1.55. The molecule has 0 aliphatic heterocycles. The molecule has 0 radical (unpaired) electrons. The van der Waals surface area contributed by atoms with Crippen LogP contribution in [0.15, 0.2) is 64.4 Å². The number of nitrogens with zero attached hydrogens (tertiary/aromatic N) is 2. The number of aromatic nitrogens is 2. The van der Waals surface area contributed by atoms with E-state index in [1.165, 1.54) is 30.5 Å². The molecule has 0 bridgehead atoms. The van der Waals surface area contributed by atoms with Gasteiger partial charge in [-0.05, 0) is 41.6 Å². The topological polar surface area (TPSA) is 34.9 Å². The highest BCUT2D eigenvalue weighted by Gasteiger charge is 2.23. The van der Waals surface area contributed by atoms with Crippen molar-refractivity contribution in [2.24, 2.45) is 0 Å². The largest absolute Gasteiger partial charge is 0.275 e. The zero-order valence-corrected chi connectivity index (χ0v) is 15.6. The second-order valence-electron chi connectivity index (χ2n) is 6.01. The second kappa shape index (κ2) is 8.60. The zero-order valence-electron chi connectivity index (χ0n) is 14.8. The van der Waals surface area contributed by atoms with Crippen LogP contribution in [-0.4, -0.2) is 28.6 Å². The van der Waals surface area contributed by atoms with Crippen molar-refractivity contribution in [3.8, 4) is 22.3 Å². The van der Waals surface area contributed by atoms with Crippen molar-refractivity contribution >= 4 is 11.8 Å². The van der Waals surface area contributed by atoms with Crippen LogP contribution in [0.3, 0.4) is 0 Å². The van der Waals surface area contributed by atoms with E-state index in [4.69, 9.17) is 0 Å². The maximum atomic E-state index is 13.5. The number of halogens is 4. The molecule has 2 aromatic carbocycles. The lowest BCUT2D eigenvalue weighted by Crippen LogP contribution is -2.31. The molecule has 3 nitrogen and oxygen atoms in total. The molecule has 1 unspecified atom stereocenters. The van der Waals surface area contributed by atoms with E-state index in [0.29, 0.717) is 21.4 Å². The molecule has 0 N–H and O–H groups in total. The molecule has 1 aromatic heterocycles. The van der Waals surface area contributed by atoms with E-state index < -0.39 is 30.5 Å². The molecular formula is C20H16F4N2OS. The Morgan fingerprint density at radius 3 is 2.18 bits per heavy atom. The fourth-order valence-corrected chi connectivity index (χ4v) is 3.16. The number of hydrogen-bond acceptors (Lipinski definition) is 3. The quantitative estimate of drug-likeness (QED) is 0.423. The van der Waals surface area contributed by atoms with Gasteiger partial charge in [-0.3, -0.25) is 4.79 Å². The Hall–Kier alpha value is -2.61. The van der Waals surface area contributed by atoms with Crippen LogP contribution >= 0.6 is 11.8 Å². The van der Waals surface area contributed by atoms with Crippen LogP contribution in [0.1, 0.15) is 0 Å². The minimum absolute atomic E-state index is 0.147. The Morgan fingerprint density at radius 1 is 1.00 bits per heavy atom. The van der Waals surface area contributed by atoms with Gasteiger partial charge in [-0.25, -0.2) is 22.2 Å². The third-order valence-corrected chi connectivity index (χ3v) is 4.94. The first-order chi connectivity index (χ1) is 13.4. The van der Waals surface area contributed by atoms with Crippen molar-refractivity contribution in [3.05, 3.63) is 70.9 Å². The predicted octanol–water partition coefficient (Wildman–Crippen LogP) is 5.04. The number of alkyl halides is 3. The van der Waals surface area contributed by atoms with Crippen molar-refractivity contribution in [2.45, 2.75) is 24.0 Å². The van der Waals surface area contributed by atoms with Crippen molar-refractivity contribution in [2.75, 3.05) is 6.26 Å². The van der Waals surface area contributed by atoms with E-state index in [-0.39, 0.29) is 5.56 Å². The third kappa shape index (κ3) is 4.27. The summed E-state index contributed by atoms with van der Waals surface area (Å²) in [5, 5.41) is 3.87. The van der Waals surface area contributed by atoms with E-state index in [0.717, 1.165) is 4.90 Å². The Balaban J connectivity index is 2.17. The molecule has 1 heterocycles. The fraction of sp³-hybridized carbons (Fsp3) is 0.200. The summed E-state index contributed by atoms with van der Waals surface area (Å²) in [4.78, 5) is 13.9. The van der Waals surface area contributed by atoms with Crippen molar-refractivity contribution in [3.63, 3.8) is 0 Å². The highest BCUT2D eigenvalue weighted by atomic mass is 32.2. The Bertz CT molecular complexity index is 1000. The van der Waals surface area contributed by atoms with Gasteiger partial charge >= 0.3 is 0 Å². The van der Waals surface area contributed by atoms with E-state index >= 15 is 0 Å². The van der Waals surface area contributed by atoms with Crippen molar-refractivity contribution in [1.29, 1.82) is 0 Å². The Kier molecular flexibility index (Phi) is 6.18. The van der Waals surface area contributed by atoms with Crippen LogP contribution < -0.4 is 5.56 Å². The molecule has 0 spiro atoms. The Morgan fingerprint density at radius 2 is 1.61 bits per heavy atom. The van der Waals surface area contributed by atoms with E-state index in [1.54, 1.807) is 23.9 Å². The van der Waals surface area contributed by atoms with E-state index in [9.17, 15) is 22.4 Å². The first-order valence-electron chi connectivity index (χ1n) is 8.33. The molecule has 146 valence electrons. The SMILES string of the molecule is CSc1ccc(-c2cnn(CC(F)C(F)F)c(=O)c2-c2ccc(F)cc2)cc1. The summed E-state index contributed by atoms with van der Waals surface area (Å²) < 4.78 is 52.6. The molecule has 0 aliphatic rings. The highest BCUT2D eigenvalue weighted by molar-refractivity contribution is 7.98. The van der Waals surface area contributed by atoms with Crippen LogP contribution in [0.4, 0.5) is 17.6 Å². The zero-order chi connectivity index (χ0) is 20.3. The molecule has 0 saturated carbocycles. The monoisotopic (exact) mass is 408 g/mol. The van der Waals surface area contributed by atoms with E-state index in [1.807, 2.05) is 18.4 Å². The van der Waals surface area contributed by atoms with Gasteiger partial charge in [0.1, 0.15) is 5.82 Å². The van der Waals surface area contributed by atoms with Crippen molar-refractivity contribution < 1.29 is 17.6 Å². The van der Waals surface area contributed by atoms with Crippen LogP contribution in [0.5, 0.6) is 0 Å². The summed E-state index contributed by atoms with van der Waals surface area (Å²) in [7, 11) is 0. The van der Waals surface area contributed by atoms with Crippen LogP contribution in [0.2, 0.25) is 0 Å². The van der Waals surface area contributed by atoms with Gasteiger partial charge in [-0.15, -0.1) is 11.8 Å². The molecular weight excluding hydrogens is 392 g/mol. The summed E-state index contributed by atoms with van der Waals surface area (Å²) in [6.45, 7) is -0.865. The average Bonchev–Trinajstić information content (AvgIpc) is 2.70. The van der Waals surface area contributed by atoms with Gasteiger partial charge in [0, 0.05) is 10.5 Å². The molecule has 0 fully saturated rings. The molecule has 0 aliphatic carbocycles. The van der Waals surface area contributed by atoms with Gasteiger partial charge in [0.2, 0.25) is 0 Å². The molecule has 28 heavy (non-hydrogen) atoms. The van der Waals surface area contributed by atoms with Crippen LogP contribution in [0, 0.1) is 5.82 Å². The number of hydrogen-bond donors (Lipinski definition) is 0. The third-order valence-electron chi connectivity index (χ3n) is 4.20. The first kappa shape index (κ1) is 20.1. The van der Waals surface area contributed by atoms with Gasteiger partial charge in [-0.2, -0.15) is 5.10 Å². The molecule has 0 amide bonds. The molecule has 0 saturated heterocycles. The predicted molar refractivity (Wildman–Crippen MR) is 102 cm³/mol. The lowest BCUT2D eigenvalue weighted by Gasteiger charge is -2.14. The maximum Gasteiger partial charge on any atom is 0.275 e. The first-order valence-corrected chi connectivity index (χ1v) is 9.56. The van der Waals surface area contributed by atoms with Crippen molar-refractivity contribution in [1.82, 2.24) is 9.78 Å². The number of thioether (sulfide) groups is 1. The van der Waals surface area contributed by atoms with Gasteiger partial charge in [-0.1, -0.05) is 24.3 Å².